The lowest BCUT2D eigenvalue weighted by Crippen LogP contribution is -2.49. The molecule has 0 atom stereocenters. The van der Waals surface area contributed by atoms with Crippen LogP contribution in [0.25, 0.3) is 22.8 Å². The molecule has 0 bridgehead atoms. The molecule has 1 fully saturated rings. The van der Waals surface area contributed by atoms with Gasteiger partial charge in [-0.2, -0.15) is 4.31 Å². The van der Waals surface area contributed by atoms with Crippen molar-refractivity contribution >= 4 is 27.4 Å². The quantitative estimate of drug-likeness (QED) is 0.172. The molecule has 10 heteroatoms. The molecule has 214 valence electrons. The van der Waals surface area contributed by atoms with Crippen LogP contribution in [0.15, 0.2) is 95.9 Å². The van der Waals surface area contributed by atoms with Gasteiger partial charge in [0.2, 0.25) is 10.0 Å². The van der Waals surface area contributed by atoms with E-state index < -0.39 is 15.8 Å². The second kappa shape index (κ2) is 11.5. The highest BCUT2D eigenvalue weighted by Gasteiger charge is 2.29. The van der Waals surface area contributed by atoms with E-state index in [0.717, 1.165) is 45.5 Å². The van der Waals surface area contributed by atoms with E-state index in [2.05, 4.69) is 4.90 Å². The van der Waals surface area contributed by atoms with Crippen LogP contribution in [0.5, 0.6) is 5.75 Å². The molecular weight excluding hydrogens is 557 g/mol. The molecule has 0 aromatic heterocycles. The molecule has 0 radical (unpaired) electrons. The summed E-state index contributed by atoms with van der Waals surface area (Å²) < 4.78 is 46.7. The van der Waals surface area contributed by atoms with E-state index in [0.29, 0.717) is 45.1 Å². The summed E-state index contributed by atoms with van der Waals surface area (Å²) in [7, 11) is -3.67. The van der Waals surface area contributed by atoms with Gasteiger partial charge in [0.15, 0.2) is 0 Å². The van der Waals surface area contributed by atoms with Gasteiger partial charge in [0.25, 0.3) is 5.69 Å². The average molecular weight is 586 g/mol. The van der Waals surface area contributed by atoms with E-state index in [9.17, 15) is 22.9 Å². The van der Waals surface area contributed by atoms with E-state index in [1.165, 1.54) is 22.5 Å². The predicted octanol–water partition coefficient (Wildman–Crippen LogP) is 5.69. The highest BCUT2D eigenvalue weighted by Crippen LogP contribution is 2.46. The molecule has 0 spiro atoms. The molecule has 0 saturated carbocycles. The van der Waals surface area contributed by atoms with Crippen LogP contribution in [0.2, 0.25) is 0 Å². The SMILES string of the molecule is O=[N+]([O-])c1ccc2c(c1)C(=Cc1ccccc1OCCN1CCN(S(=O)(=O)c3ccc(F)cc3)CC1)c1ccccc1-2. The monoisotopic (exact) mass is 585 g/mol. The van der Waals surface area contributed by atoms with Gasteiger partial charge in [0.05, 0.1) is 9.82 Å². The highest BCUT2D eigenvalue weighted by atomic mass is 32.2. The largest absolute Gasteiger partial charge is 0.492 e. The van der Waals surface area contributed by atoms with E-state index in [1.807, 2.05) is 54.6 Å². The maximum Gasteiger partial charge on any atom is 0.270 e. The molecule has 8 nitrogen and oxygen atoms in total. The molecule has 1 aliphatic carbocycles. The van der Waals surface area contributed by atoms with Crippen LogP contribution >= 0.6 is 0 Å². The zero-order valence-corrected chi connectivity index (χ0v) is 23.5. The molecule has 1 heterocycles. The van der Waals surface area contributed by atoms with Crippen molar-refractivity contribution in [1.82, 2.24) is 9.21 Å². The molecule has 1 aliphatic heterocycles. The zero-order chi connectivity index (χ0) is 29.3. The number of nitro benzene ring substituents is 1. The van der Waals surface area contributed by atoms with Gasteiger partial charge < -0.3 is 4.74 Å². The molecule has 0 N–H and O–H groups in total. The molecule has 4 aromatic carbocycles. The Kier molecular flexibility index (Phi) is 7.59. The van der Waals surface area contributed by atoms with Crippen LogP contribution in [-0.4, -0.2) is 61.9 Å². The molecule has 1 saturated heterocycles. The van der Waals surface area contributed by atoms with Gasteiger partial charge in [-0.1, -0.05) is 42.5 Å². The Morgan fingerprint density at radius 3 is 2.24 bits per heavy atom. The first kappa shape index (κ1) is 27.8. The van der Waals surface area contributed by atoms with Crippen LogP contribution in [0, 0.1) is 15.9 Å². The number of fused-ring (bicyclic) bond motifs is 3. The number of non-ortho nitro benzene ring substituents is 1. The fourth-order valence-electron chi connectivity index (χ4n) is 5.48. The minimum absolute atomic E-state index is 0.0440. The average Bonchev–Trinajstić information content (AvgIpc) is 3.31. The molecule has 6 rings (SSSR count). The number of ether oxygens (including phenoxy) is 1. The van der Waals surface area contributed by atoms with Gasteiger partial charge in [0.1, 0.15) is 18.2 Å². The van der Waals surface area contributed by atoms with Crippen molar-refractivity contribution in [2.45, 2.75) is 4.90 Å². The Morgan fingerprint density at radius 2 is 1.50 bits per heavy atom. The Labute approximate surface area is 243 Å². The number of nitrogens with zero attached hydrogens (tertiary/aromatic N) is 3. The Bertz CT molecular complexity index is 1780. The lowest BCUT2D eigenvalue weighted by atomic mass is 10.0. The van der Waals surface area contributed by atoms with Crippen molar-refractivity contribution < 1.29 is 22.5 Å². The number of benzene rings is 4. The number of nitro groups is 1. The number of hydrogen-bond donors (Lipinski definition) is 0. The standard InChI is InChI=1S/C32H28FN3O5S/c33-24-9-12-26(13-10-24)42(39,40)35-17-15-34(16-18-35)19-20-41-32-8-4-1-5-23(32)21-30-28-7-3-2-6-27(28)29-14-11-25(36(37)38)22-31(29)30/h1-14,21-22H,15-20H2. The van der Waals surface area contributed by atoms with Crippen molar-refractivity contribution in [1.29, 1.82) is 0 Å². The van der Waals surface area contributed by atoms with Crippen LogP contribution in [0.1, 0.15) is 16.7 Å². The first-order valence-electron chi connectivity index (χ1n) is 13.6. The van der Waals surface area contributed by atoms with Gasteiger partial charge in [-0.05, 0) is 70.3 Å². The van der Waals surface area contributed by atoms with Gasteiger partial charge in [-0.3, -0.25) is 15.0 Å². The summed E-state index contributed by atoms with van der Waals surface area (Å²) in [6.45, 7) is 2.82. The van der Waals surface area contributed by atoms with Crippen LogP contribution in [0.3, 0.4) is 0 Å². The minimum Gasteiger partial charge on any atom is -0.492 e. The Hall–Kier alpha value is -4.38. The second-order valence-corrected chi connectivity index (χ2v) is 12.1. The summed E-state index contributed by atoms with van der Waals surface area (Å²) in [6.07, 6.45) is 2.02. The van der Waals surface area contributed by atoms with Crippen LogP contribution in [0.4, 0.5) is 10.1 Å². The fraction of sp³-hybridized carbons (Fsp3) is 0.188. The van der Waals surface area contributed by atoms with Gasteiger partial charge in [-0.25, -0.2) is 12.8 Å². The molecule has 4 aromatic rings. The van der Waals surface area contributed by atoms with Crippen molar-refractivity contribution in [3.8, 4) is 16.9 Å². The number of rotatable bonds is 8. The number of piperazine rings is 1. The lowest BCUT2D eigenvalue weighted by molar-refractivity contribution is -0.384. The maximum atomic E-state index is 13.2. The second-order valence-electron chi connectivity index (χ2n) is 10.2. The molecule has 2 aliphatic rings. The maximum absolute atomic E-state index is 13.2. The smallest absolute Gasteiger partial charge is 0.270 e. The minimum atomic E-state index is -3.67. The number of halogens is 1. The molecule has 0 unspecified atom stereocenters. The van der Waals surface area contributed by atoms with Gasteiger partial charge in [-0.15, -0.1) is 0 Å². The lowest BCUT2D eigenvalue weighted by Gasteiger charge is -2.33. The topological polar surface area (TPSA) is 93.0 Å². The van der Waals surface area contributed by atoms with E-state index in [-0.39, 0.29) is 15.5 Å². The summed E-state index contributed by atoms with van der Waals surface area (Å²) in [6, 6.07) is 25.5. The molecular formula is C32H28FN3O5S. The highest BCUT2D eigenvalue weighted by molar-refractivity contribution is 7.89. The summed E-state index contributed by atoms with van der Waals surface area (Å²) in [5, 5.41) is 11.5. The summed E-state index contributed by atoms with van der Waals surface area (Å²) >= 11 is 0. The Morgan fingerprint density at radius 1 is 0.833 bits per heavy atom. The normalized spacial score (nSPS) is 16.3. The van der Waals surface area contributed by atoms with E-state index in [4.69, 9.17) is 4.74 Å². The zero-order valence-electron chi connectivity index (χ0n) is 22.6. The number of sulfonamides is 1. The van der Waals surface area contributed by atoms with E-state index >= 15 is 0 Å². The molecule has 0 amide bonds. The number of hydrogen-bond acceptors (Lipinski definition) is 6. The van der Waals surface area contributed by atoms with Crippen molar-refractivity contribution in [2.24, 2.45) is 0 Å². The summed E-state index contributed by atoms with van der Waals surface area (Å²) in [5.74, 6) is 0.220. The first-order chi connectivity index (χ1) is 20.3. The van der Waals surface area contributed by atoms with Gasteiger partial charge >= 0.3 is 0 Å². The van der Waals surface area contributed by atoms with Crippen molar-refractivity contribution in [2.75, 3.05) is 39.3 Å². The van der Waals surface area contributed by atoms with Crippen molar-refractivity contribution in [3.63, 3.8) is 0 Å². The summed E-state index contributed by atoms with van der Waals surface area (Å²) in [5.41, 5.74) is 5.62. The predicted molar refractivity (Wildman–Crippen MR) is 159 cm³/mol. The third kappa shape index (κ3) is 5.44. The summed E-state index contributed by atoms with van der Waals surface area (Å²) in [4.78, 5) is 13.4. The Balaban J connectivity index is 1.14. The van der Waals surface area contributed by atoms with Gasteiger partial charge in [0, 0.05) is 50.4 Å². The van der Waals surface area contributed by atoms with Crippen LogP contribution in [-0.2, 0) is 10.0 Å². The van der Waals surface area contributed by atoms with Crippen LogP contribution < -0.4 is 4.74 Å². The fourth-order valence-corrected chi connectivity index (χ4v) is 6.90. The third-order valence-corrected chi connectivity index (χ3v) is 9.59. The number of para-hydroxylation sites is 1. The van der Waals surface area contributed by atoms with E-state index in [1.54, 1.807) is 12.1 Å². The van der Waals surface area contributed by atoms with Crippen molar-refractivity contribution in [3.05, 3.63) is 124 Å². The third-order valence-electron chi connectivity index (χ3n) is 7.68. The molecule has 42 heavy (non-hydrogen) atoms. The first-order valence-corrected chi connectivity index (χ1v) is 15.1.